The third-order valence-corrected chi connectivity index (χ3v) is 4.29. The number of piperazine rings is 1. The molecule has 0 bridgehead atoms. The van der Waals surface area contributed by atoms with Gasteiger partial charge in [0.2, 0.25) is 11.8 Å². The van der Waals surface area contributed by atoms with Gasteiger partial charge in [-0.1, -0.05) is 32.0 Å². The lowest BCUT2D eigenvalue weighted by Crippen LogP contribution is -2.54. The Hall–Kier alpha value is -1.66. The average Bonchev–Trinajstić information content (AvgIpc) is 2.55. The van der Waals surface area contributed by atoms with Gasteiger partial charge in [0.15, 0.2) is 0 Å². The van der Waals surface area contributed by atoms with Crippen LogP contribution in [0.15, 0.2) is 24.3 Å². The zero-order valence-electron chi connectivity index (χ0n) is 14.8. The molecule has 7 heteroatoms. The van der Waals surface area contributed by atoms with Gasteiger partial charge in [-0.15, -0.1) is 12.4 Å². The monoisotopic (exact) mass is 371 g/mol. The van der Waals surface area contributed by atoms with Gasteiger partial charge in [-0.05, 0) is 24.0 Å². The molecule has 2 amide bonds. The second-order valence-corrected chi connectivity index (χ2v) is 6.71. The van der Waals surface area contributed by atoms with E-state index in [0.29, 0.717) is 44.1 Å². The highest BCUT2D eigenvalue weighted by atomic mass is 35.5. The molecule has 0 aliphatic carbocycles. The van der Waals surface area contributed by atoms with E-state index in [9.17, 15) is 14.0 Å². The van der Waals surface area contributed by atoms with E-state index in [1.165, 1.54) is 6.07 Å². The van der Waals surface area contributed by atoms with E-state index in [0.717, 1.165) is 0 Å². The van der Waals surface area contributed by atoms with Gasteiger partial charge in [-0.3, -0.25) is 9.59 Å². The smallest absolute Gasteiger partial charge is 0.239 e. The van der Waals surface area contributed by atoms with Crippen LogP contribution in [0.1, 0.15) is 25.8 Å². The van der Waals surface area contributed by atoms with Crippen LogP contribution in [-0.2, 0) is 16.0 Å². The molecule has 0 unspecified atom stereocenters. The Kier molecular flexibility index (Phi) is 8.32. The number of halogens is 2. The molecule has 1 aliphatic heterocycles. The van der Waals surface area contributed by atoms with Crippen LogP contribution in [0.25, 0.3) is 0 Å². The number of carbonyl (C=O) groups is 2. The molecule has 1 aromatic rings. The van der Waals surface area contributed by atoms with Crippen molar-refractivity contribution in [1.82, 2.24) is 9.80 Å². The van der Waals surface area contributed by atoms with E-state index in [1.54, 1.807) is 28.0 Å². The zero-order chi connectivity index (χ0) is 17.7. The highest BCUT2D eigenvalue weighted by Crippen LogP contribution is 2.12. The largest absolute Gasteiger partial charge is 0.339 e. The van der Waals surface area contributed by atoms with Gasteiger partial charge < -0.3 is 15.5 Å². The number of amides is 2. The minimum absolute atomic E-state index is 0. The van der Waals surface area contributed by atoms with Crippen LogP contribution < -0.4 is 5.73 Å². The number of hydrogen-bond acceptors (Lipinski definition) is 3. The maximum Gasteiger partial charge on any atom is 0.239 e. The van der Waals surface area contributed by atoms with Gasteiger partial charge in [-0.25, -0.2) is 4.39 Å². The molecule has 1 saturated heterocycles. The Morgan fingerprint density at radius 1 is 1.12 bits per heavy atom. The van der Waals surface area contributed by atoms with Gasteiger partial charge >= 0.3 is 0 Å². The average molecular weight is 372 g/mol. The first-order valence-corrected chi connectivity index (χ1v) is 8.44. The quantitative estimate of drug-likeness (QED) is 0.858. The first kappa shape index (κ1) is 21.4. The summed E-state index contributed by atoms with van der Waals surface area (Å²) in [6.45, 7) is 5.96. The predicted molar refractivity (Wildman–Crippen MR) is 97.9 cm³/mol. The zero-order valence-corrected chi connectivity index (χ0v) is 15.6. The van der Waals surface area contributed by atoms with Crippen molar-refractivity contribution in [2.45, 2.75) is 32.7 Å². The van der Waals surface area contributed by atoms with Crippen molar-refractivity contribution in [3.8, 4) is 0 Å². The van der Waals surface area contributed by atoms with Crippen LogP contribution in [0.2, 0.25) is 0 Å². The summed E-state index contributed by atoms with van der Waals surface area (Å²) in [7, 11) is 0. The Balaban J connectivity index is 0.00000312. The number of rotatable bonds is 5. The number of benzene rings is 1. The molecule has 140 valence electrons. The Bertz CT molecular complexity index is 589. The van der Waals surface area contributed by atoms with E-state index < -0.39 is 6.04 Å². The van der Waals surface area contributed by atoms with Crippen molar-refractivity contribution in [3.05, 3.63) is 35.6 Å². The summed E-state index contributed by atoms with van der Waals surface area (Å²) in [5.41, 5.74) is 6.35. The SMILES string of the molecule is CC(C)C[C@H](N)C(=O)N1CCN(C(=O)Cc2ccccc2F)CC1.Cl. The van der Waals surface area contributed by atoms with Crippen LogP contribution in [0, 0.1) is 11.7 Å². The van der Waals surface area contributed by atoms with Gasteiger partial charge in [0.25, 0.3) is 0 Å². The fourth-order valence-electron chi connectivity index (χ4n) is 2.94. The van der Waals surface area contributed by atoms with Gasteiger partial charge in [-0.2, -0.15) is 0 Å². The fourth-order valence-corrected chi connectivity index (χ4v) is 2.94. The molecule has 1 aromatic carbocycles. The maximum absolute atomic E-state index is 13.6. The Labute approximate surface area is 154 Å². The molecule has 1 fully saturated rings. The summed E-state index contributed by atoms with van der Waals surface area (Å²) in [5, 5.41) is 0. The fraction of sp³-hybridized carbons (Fsp3) is 0.556. The molecule has 0 radical (unpaired) electrons. The van der Waals surface area contributed by atoms with Gasteiger partial charge in [0, 0.05) is 26.2 Å². The molecule has 1 aliphatic rings. The molecule has 0 spiro atoms. The molecule has 1 atom stereocenters. The summed E-state index contributed by atoms with van der Waals surface area (Å²) >= 11 is 0. The normalized spacial score (nSPS) is 15.7. The molecule has 25 heavy (non-hydrogen) atoms. The minimum Gasteiger partial charge on any atom is -0.339 e. The lowest BCUT2D eigenvalue weighted by Gasteiger charge is -2.36. The molecular weight excluding hydrogens is 345 g/mol. The standard InChI is InChI=1S/C18H26FN3O2.ClH/c1-13(2)11-16(20)18(24)22-9-7-21(8-10-22)17(23)12-14-5-3-4-6-15(14)19;/h3-6,13,16H,7-12,20H2,1-2H3;1H/t16-;/m0./s1. The lowest BCUT2D eigenvalue weighted by atomic mass is 10.0. The predicted octanol–water partition coefficient (Wildman–Crippen LogP) is 1.83. The van der Waals surface area contributed by atoms with E-state index in [1.807, 2.05) is 13.8 Å². The van der Waals surface area contributed by atoms with E-state index in [2.05, 4.69) is 0 Å². The highest BCUT2D eigenvalue weighted by molar-refractivity contribution is 5.85. The maximum atomic E-state index is 13.6. The van der Waals surface area contributed by atoms with E-state index >= 15 is 0 Å². The minimum atomic E-state index is -0.481. The summed E-state index contributed by atoms with van der Waals surface area (Å²) in [5.74, 6) is -0.157. The first-order chi connectivity index (χ1) is 11.4. The molecular formula is C18H27ClFN3O2. The van der Waals surface area contributed by atoms with Crippen molar-refractivity contribution in [3.63, 3.8) is 0 Å². The van der Waals surface area contributed by atoms with Crippen LogP contribution in [0.3, 0.4) is 0 Å². The van der Waals surface area contributed by atoms with Crippen LogP contribution >= 0.6 is 12.4 Å². The number of nitrogens with zero attached hydrogens (tertiary/aromatic N) is 2. The molecule has 5 nitrogen and oxygen atoms in total. The van der Waals surface area contributed by atoms with Crippen molar-refractivity contribution in [1.29, 1.82) is 0 Å². The molecule has 2 N–H and O–H groups in total. The highest BCUT2D eigenvalue weighted by Gasteiger charge is 2.27. The Morgan fingerprint density at radius 3 is 2.24 bits per heavy atom. The van der Waals surface area contributed by atoms with Crippen LogP contribution in [-0.4, -0.2) is 53.8 Å². The summed E-state index contributed by atoms with van der Waals surface area (Å²) in [6.07, 6.45) is 0.707. The molecule has 0 aromatic heterocycles. The molecule has 0 saturated carbocycles. The van der Waals surface area contributed by atoms with Crippen molar-refractivity contribution in [2.24, 2.45) is 11.7 Å². The Morgan fingerprint density at radius 2 is 1.68 bits per heavy atom. The second kappa shape index (κ2) is 9.73. The second-order valence-electron chi connectivity index (χ2n) is 6.71. The van der Waals surface area contributed by atoms with Crippen molar-refractivity contribution >= 4 is 24.2 Å². The molecule has 1 heterocycles. The number of hydrogen-bond donors (Lipinski definition) is 1. The van der Waals surface area contributed by atoms with Crippen molar-refractivity contribution in [2.75, 3.05) is 26.2 Å². The number of nitrogens with two attached hydrogens (primary N) is 1. The summed E-state index contributed by atoms with van der Waals surface area (Å²) in [4.78, 5) is 28.0. The van der Waals surface area contributed by atoms with E-state index in [4.69, 9.17) is 5.73 Å². The molecule has 2 rings (SSSR count). The first-order valence-electron chi connectivity index (χ1n) is 8.44. The number of carbonyl (C=O) groups excluding carboxylic acids is 2. The van der Waals surface area contributed by atoms with Gasteiger partial charge in [0.05, 0.1) is 12.5 Å². The summed E-state index contributed by atoms with van der Waals surface area (Å²) in [6, 6.07) is 5.82. The summed E-state index contributed by atoms with van der Waals surface area (Å²) < 4.78 is 13.6. The topological polar surface area (TPSA) is 66.6 Å². The van der Waals surface area contributed by atoms with Crippen molar-refractivity contribution < 1.29 is 14.0 Å². The van der Waals surface area contributed by atoms with Gasteiger partial charge in [0.1, 0.15) is 5.82 Å². The third kappa shape index (κ3) is 5.97. The van der Waals surface area contributed by atoms with E-state index in [-0.39, 0.29) is 36.5 Å². The van der Waals surface area contributed by atoms with Crippen LogP contribution in [0.5, 0.6) is 0 Å². The third-order valence-electron chi connectivity index (χ3n) is 4.29. The van der Waals surface area contributed by atoms with Crippen LogP contribution in [0.4, 0.5) is 4.39 Å². The lowest BCUT2D eigenvalue weighted by molar-refractivity contribution is -0.140.